The van der Waals surface area contributed by atoms with Crippen molar-refractivity contribution in [2.24, 2.45) is 10.7 Å². The highest BCUT2D eigenvalue weighted by Crippen LogP contribution is 2.51. The summed E-state index contributed by atoms with van der Waals surface area (Å²) in [5.74, 6) is -1.10. The molecule has 2 aliphatic rings. The number of hydrogen-bond acceptors (Lipinski definition) is 6. The molecule has 0 saturated carbocycles. The molecule has 0 radical (unpaired) electrons. The molecule has 33 heavy (non-hydrogen) atoms. The predicted octanol–water partition coefficient (Wildman–Crippen LogP) is 4.07. The van der Waals surface area contributed by atoms with Crippen molar-refractivity contribution >= 4 is 38.2 Å². The Morgan fingerprint density at radius 2 is 1.91 bits per heavy atom. The maximum Gasteiger partial charge on any atom is 0.168 e. The minimum absolute atomic E-state index is 0.0100. The molecule has 4 heterocycles. The lowest BCUT2D eigenvalue weighted by Crippen LogP contribution is -2.55. The van der Waals surface area contributed by atoms with Crippen LogP contribution >= 0.6 is 11.6 Å². The first-order chi connectivity index (χ1) is 15.5. The third-order valence-electron chi connectivity index (χ3n) is 7.07. The summed E-state index contributed by atoms with van der Waals surface area (Å²) in [5, 5.41) is -0.337. The van der Waals surface area contributed by atoms with Crippen LogP contribution in [-0.4, -0.2) is 34.2 Å². The van der Waals surface area contributed by atoms with Crippen LogP contribution in [0.25, 0.3) is 10.9 Å². The quantitative estimate of drug-likeness (QED) is 0.596. The van der Waals surface area contributed by atoms with Gasteiger partial charge in [-0.2, -0.15) is 0 Å². The third-order valence-corrected chi connectivity index (χ3v) is 10.4. The zero-order chi connectivity index (χ0) is 23.8. The van der Waals surface area contributed by atoms with Crippen molar-refractivity contribution in [2.75, 3.05) is 0 Å². The van der Waals surface area contributed by atoms with E-state index in [2.05, 4.69) is 15.0 Å². The summed E-state index contributed by atoms with van der Waals surface area (Å²) in [6, 6.07) is 5.93. The lowest BCUT2D eigenvalue weighted by atomic mass is 9.85. The molecule has 2 aliphatic heterocycles. The second-order valence-electron chi connectivity index (χ2n) is 9.04. The Morgan fingerprint density at radius 3 is 2.67 bits per heavy atom. The maximum atomic E-state index is 15.1. The minimum atomic E-state index is -3.66. The number of nitrogens with zero attached hydrogens (tertiary/aromatic N) is 3. The van der Waals surface area contributed by atoms with Gasteiger partial charge in [0.05, 0.1) is 27.7 Å². The summed E-state index contributed by atoms with van der Waals surface area (Å²) in [6.45, 7) is 3.20. The Hall–Kier alpha value is -2.65. The Labute approximate surface area is 194 Å². The number of sulfone groups is 1. The van der Waals surface area contributed by atoms with Gasteiger partial charge in [-0.25, -0.2) is 17.2 Å². The SMILES string of the molecule is C[C@]1(c2cc(Cc3ncc(F)c4cc(Cl)cnc34)ccc2F)N=C(N)[C@@]2(C)CC[C@@H]1S2(=O)=O. The van der Waals surface area contributed by atoms with Crippen LogP contribution in [0.2, 0.25) is 5.02 Å². The van der Waals surface area contributed by atoms with Gasteiger partial charge in [-0.3, -0.25) is 15.0 Å². The van der Waals surface area contributed by atoms with E-state index >= 15 is 4.39 Å². The van der Waals surface area contributed by atoms with E-state index in [1.54, 1.807) is 26.0 Å². The summed E-state index contributed by atoms with van der Waals surface area (Å²) in [5.41, 5.74) is 6.41. The highest BCUT2D eigenvalue weighted by molar-refractivity contribution is 7.94. The molecule has 0 unspecified atom stereocenters. The van der Waals surface area contributed by atoms with Crippen molar-refractivity contribution in [3.63, 3.8) is 0 Å². The van der Waals surface area contributed by atoms with Crippen LogP contribution in [0.3, 0.4) is 0 Å². The van der Waals surface area contributed by atoms with Crippen LogP contribution in [0.4, 0.5) is 8.78 Å². The molecule has 3 aromatic rings. The van der Waals surface area contributed by atoms with Crippen molar-refractivity contribution in [3.05, 3.63) is 70.1 Å². The molecule has 0 aliphatic carbocycles. The van der Waals surface area contributed by atoms with E-state index in [4.69, 9.17) is 17.3 Å². The van der Waals surface area contributed by atoms with Gasteiger partial charge >= 0.3 is 0 Å². The Balaban J connectivity index is 1.61. The normalized spacial score (nSPS) is 28.2. The number of fused-ring (bicyclic) bond motifs is 3. The van der Waals surface area contributed by atoms with Crippen molar-refractivity contribution in [1.82, 2.24) is 9.97 Å². The molecule has 0 spiro atoms. The largest absolute Gasteiger partial charge is 0.386 e. The number of amidine groups is 1. The van der Waals surface area contributed by atoms with Gasteiger partial charge < -0.3 is 5.73 Å². The van der Waals surface area contributed by atoms with Gasteiger partial charge in [-0.15, -0.1) is 0 Å². The molecule has 2 bridgehead atoms. The molecule has 2 N–H and O–H groups in total. The Bertz CT molecular complexity index is 1460. The maximum absolute atomic E-state index is 15.1. The van der Waals surface area contributed by atoms with Crippen LogP contribution in [0.5, 0.6) is 0 Å². The summed E-state index contributed by atoms with van der Waals surface area (Å²) < 4.78 is 54.6. The number of halogens is 3. The van der Waals surface area contributed by atoms with E-state index in [0.29, 0.717) is 34.6 Å². The fourth-order valence-corrected chi connectivity index (χ4v) is 7.80. The van der Waals surface area contributed by atoms with Crippen molar-refractivity contribution in [3.8, 4) is 0 Å². The van der Waals surface area contributed by atoms with E-state index in [-0.39, 0.29) is 23.2 Å². The average molecular weight is 491 g/mol. The lowest BCUT2D eigenvalue weighted by molar-refractivity contribution is 0.423. The van der Waals surface area contributed by atoms with Gasteiger partial charge in [0.25, 0.3) is 0 Å². The molecule has 0 amide bonds. The number of rotatable bonds is 3. The standard InChI is InChI=1S/C23H21ClF2N4O2S/c1-22-6-5-19(33(22,31)32)23(2,30-21(22)27)15-7-12(3-4-16(15)25)8-18-20-14(17(26)11-28-18)9-13(24)10-29-20/h3-4,7,9-11,19H,5-6,8H2,1-2H3,(H2,27,30)/t19-,22+,23+/m0/s1. The molecule has 2 aromatic heterocycles. The van der Waals surface area contributed by atoms with Gasteiger partial charge in [-0.05, 0) is 44.4 Å². The third kappa shape index (κ3) is 3.09. The fraction of sp³-hybridized carbons (Fsp3) is 0.348. The van der Waals surface area contributed by atoms with Gasteiger partial charge in [0, 0.05) is 23.6 Å². The summed E-state index contributed by atoms with van der Waals surface area (Å²) in [6.07, 6.45) is 3.43. The van der Waals surface area contributed by atoms with E-state index in [1.165, 1.54) is 18.3 Å². The number of aromatic nitrogens is 2. The molecule has 1 saturated heterocycles. The zero-order valence-electron chi connectivity index (χ0n) is 17.9. The van der Waals surface area contributed by atoms with Crippen LogP contribution in [0.15, 0.2) is 41.7 Å². The highest BCUT2D eigenvalue weighted by atomic mass is 35.5. The first-order valence-electron chi connectivity index (χ1n) is 10.4. The molecule has 1 aromatic carbocycles. The fourth-order valence-electron chi connectivity index (χ4n) is 5.06. The Kier molecular flexibility index (Phi) is 4.82. The zero-order valence-corrected chi connectivity index (χ0v) is 19.5. The number of hydrogen-bond donors (Lipinski definition) is 1. The minimum Gasteiger partial charge on any atom is -0.386 e. The molecule has 1 fully saturated rings. The van der Waals surface area contributed by atoms with E-state index in [0.717, 1.165) is 6.20 Å². The van der Waals surface area contributed by atoms with Gasteiger partial charge in [0.15, 0.2) is 15.7 Å². The van der Waals surface area contributed by atoms with Crippen LogP contribution < -0.4 is 5.73 Å². The molecule has 10 heteroatoms. The van der Waals surface area contributed by atoms with E-state index < -0.39 is 37.0 Å². The number of aliphatic imine (C=N–C) groups is 1. The van der Waals surface area contributed by atoms with Crippen molar-refractivity contribution < 1.29 is 17.2 Å². The summed E-state index contributed by atoms with van der Waals surface area (Å²) >= 11 is 5.96. The Morgan fingerprint density at radius 1 is 1.15 bits per heavy atom. The van der Waals surface area contributed by atoms with Crippen LogP contribution in [-0.2, 0) is 21.8 Å². The van der Waals surface area contributed by atoms with Gasteiger partial charge in [0.1, 0.15) is 21.9 Å². The average Bonchev–Trinajstić information content (AvgIpc) is 2.94. The van der Waals surface area contributed by atoms with E-state index in [9.17, 15) is 12.8 Å². The monoisotopic (exact) mass is 490 g/mol. The first kappa shape index (κ1) is 22.2. The number of pyridine rings is 2. The molecular formula is C23H21ClF2N4O2S. The molecule has 172 valence electrons. The topological polar surface area (TPSA) is 98.3 Å². The second-order valence-corrected chi connectivity index (χ2v) is 12.0. The smallest absolute Gasteiger partial charge is 0.168 e. The summed E-state index contributed by atoms with van der Waals surface area (Å²) in [4.78, 5) is 12.9. The molecular weight excluding hydrogens is 470 g/mol. The number of nitrogens with two attached hydrogens (primary N) is 1. The predicted molar refractivity (Wildman–Crippen MR) is 123 cm³/mol. The van der Waals surface area contributed by atoms with Crippen molar-refractivity contribution in [1.29, 1.82) is 0 Å². The second kappa shape index (κ2) is 7.17. The van der Waals surface area contributed by atoms with Gasteiger partial charge in [0.2, 0.25) is 0 Å². The van der Waals surface area contributed by atoms with Crippen LogP contribution in [0, 0.1) is 11.6 Å². The van der Waals surface area contributed by atoms with E-state index in [1.807, 2.05) is 0 Å². The molecule has 5 rings (SSSR count). The highest BCUT2D eigenvalue weighted by Gasteiger charge is 2.63. The van der Waals surface area contributed by atoms with Gasteiger partial charge in [-0.1, -0.05) is 23.7 Å². The summed E-state index contributed by atoms with van der Waals surface area (Å²) in [7, 11) is -3.66. The first-order valence-corrected chi connectivity index (χ1v) is 12.4. The van der Waals surface area contributed by atoms with Crippen molar-refractivity contribution in [2.45, 2.75) is 48.6 Å². The molecule has 6 nitrogen and oxygen atoms in total. The molecule has 3 atom stereocenters. The lowest BCUT2D eigenvalue weighted by Gasteiger charge is -2.39. The van der Waals surface area contributed by atoms with Crippen LogP contribution in [0.1, 0.15) is 43.5 Å². The number of benzene rings is 1.